The summed E-state index contributed by atoms with van der Waals surface area (Å²) >= 11 is 0. The first-order chi connectivity index (χ1) is 16.1. The SMILES string of the molecule is COCCNC(=O)c1ccc(/C=C2\Oc3ccccc3N(Cc3ccccc3F)C2=O)cc1. The van der Waals surface area contributed by atoms with Crippen molar-refractivity contribution in [3.63, 3.8) is 0 Å². The van der Waals surface area contributed by atoms with Crippen molar-refractivity contribution in [2.45, 2.75) is 6.54 Å². The van der Waals surface area contributed by atoms with Gasteiger partial charge in [-0.15, -0.1) is 0 Å². The van der Waals surface area contributed by atoms with E-state index in [1.54, 1.807) is 73.8 Å². The third-order valence-electron chi connectivity index (χ3n) is 5.18. The topological polar surface area (TPSA) is 67.9 Å². The number of halogens is 1. The number of nitrogens with zero attached hydrogens (tertiary/aromatic N) is 1. The third kappa shape index (κ3) is 5.10. The molecule has 3 aromatic carbocycles. The van der Waals surface area contributed by atoms with Gasteiger partial charge in [-0.2, -0.15) is 0 Å². The lowest BCUT2D eigenvalue weighted by molar-refractivity contribution is -0.117. The highest BCUT2D eigenvalue weighted by atomic mass is 19.1. The minimum absolute atomic E-state index is 0.0732. The fourth-order valence-corrected chi connectivity index (χ4v) is 3.47. The number of nitrogens with one attached hydrogen (secondary N) is 1. The van der Waals surface area contributed by atoms with E-state index in [2.05, 4.69) is 5.32 Å². The lowest BCUT2D eigenvalue weighted by Crippen LogP contribution is -2.37. The van der Waals surface area contributed by atoms with Crippen LogP contribution in [0.15, 0.2) is 78.6 Å². The molecule has 0 aliphatic carbocycles. The van der Waals surface area contributed by atoms with Crippen LogP contribution in [0, 0.1) is 5.82 Å². The van der Waals surface area contributed by atoms with Crippen LogP contribution >= 0.6 is 0 Å². The van der Waals surface area contributed by atoms with Crippen LogP contribution in [0.2, 0.25) is 0 Å². The van der Waals surface area contributed by atoms with Gasteiger partial charge in [0.05, 0.1) is 18.8 Å². The molecule has 33 heavy (non-hydrogen) atoms. The molecule has 7 heteroatoms. The predicted molar refractivity (Wildman–Crippen MR) is 123 cm³/mol. The number of amides is 2. The number of hydrogen-bond acceptors (Lipinski definition) is 4. The Bertz CT molecular complexity index is 1190. The summed E-state index contributed by atoms with van der Waals surface area (Å²) < 4.78 is 25.1. The standard InChI is InChI=1S/C26H23FN2O4/c1-32-15-14-28-25(30)19-12-10-18(11-13-19)16-24-26(31)29(17-20-6-2-3-7-21(20)27)22-8-4-5-9-23(22)33-24/h2-13,16H,14-15,17H2,1H3,(H,28,30)/b24-16-. The highest BCUT2D eigenvalue weighted by molar-refractivity contribution is 6.09. The van der Waals surface area contributed by atoms with Gasteiger partial charge in [-0.05, 0) is 42.0 Å². The molecule has 0 unspecified atom stereocenters. The second-order valence-corrected chi connectivity index (χ2v) is 7.43. The maximum atomic E-state index is 14.3. The summed E-state index contributed by atoms with van der Waals surface area (Å²) in [7, 11) is 1.57. The number of anilines is 1. The van der Waals surface area contributed by atoms with E-state index in [1.165, 1.54) is 11.0 Å². The largest absolute Gasteiger partial charge is 0.449 e. The van der Waals surface area contributed by atoms with Gasteiger partial charge < -0.3 is 14.8 Å². The van der Waals surface area contributed by atoms with Crippen LogP contribution in [0.3, 0.4) is 0 Å². The van der Waals surface area contributed by atoms with Crippen LogP contribution in [0.4, 0.5) is 10.1 Å². The Hall–Kier alpha value is -3.97. The Morgan fingerprint density at radius 2 is 1.79 bits per heavy atom. The van der Waals surface area contributed by atoms with E-state index < -0.39 is 0 Å². The zero-order valence-corrected chi connectivity index (χ0v) is 18.1. The molecule has 1 aliphatic heterocycles. The second kappa shape index (κ2) is 10.1. The molecule has 0 saturated carbocycles. The first-order valence-corrected chi connectivity index (χ1v) is 10.5. The van der Waals surface area contributed by atoms with Crippen molar-refractivity contribution in [3.05, 3.63) is 101 Å². The molecular formula is C26H23FN2O4. The Kier molecular flexibility index (Phi) is 6.80. The average molecular weight is 446 g/mol. The van der Waals surface area contributed by atoms with Gasteiger partial charge in [0.25, 0.3) is 11.8 Å². The van der Waals surface area contributed by atoms with E-state index in [-0.39, 0.29) is 29.9 Å². The van der Waals surface area contributed by atoms with Gasteiger partial charge in [0.1, 0.15) is 5.82 Å². The molecule has 6 nitrogen and oxygen atoms in total. The van der Waals surface area contributed by atoms with E-state index >= 15 is 0 Å². The molecule has 1 heterocycles. The second-order valence-electron chi connectivity index (χ2n) is 7.43. The molecule has 3 aromatic rings. The third-order valence-corrected chi connectivity index (χ3v) is 5.18. The highest BCUT2D eigenvalue weighted by Gasteiger charge is 2.30. The Morgan fingerprint density at radius 3 is 2.55 bits per heavy atom. The van der Waals surface area contributed by atoms with E-state index in [9.17, 15) is 14.0 Å². The van der Waals surface area contributed by atoms with E-state index in [0.29, 0.717) is 41.3 Å². The molecule has 0 radical (unpaired) electrons. The molecule has 0 spiro atoms. The normalized spacial score (nSPS) is 14.1. The van der Waals surface area contributed by atoms with Crippen LogP contribution in [0.1, 0.15) is 21.5 Å². The van der Waals surface area contributed by atoms with Gasteiger partial charge in [0.2, 0.25) is 0 Å². The molecule has 0 atom stereocenters. The maximum absolute atomic E-state index is 14.3. The van der Waals surface area contributed by atoms with E-state index in [4.69, 9.17) is 9.47 Å². The smallest absolute Gasteiger partial charge is 0.294 e. The van der Waals surface area contributed by atoms with Gasteiger partial charge in [-0.25, -0.2) is 4.39 Å². The van der Waals surface area contributed by atoms with Crippen molar-refractivity contribution in [3.8, 4) is 5.75 Å². The summed E-state index contributed by atoms with van der Waals surface area (Å²) in [5.74, 6) is -0.338. The van der Waals surface area contributed by atoms with Crippen molar-refractivity contribution >= 4 is 23.6 Å². The van der Waals surface area contributed by atoms with Crippen molar-refractivity contribution < 1.29 is 23.5 Å². The highest BCUT2D eigenvalue weighted by Crippen LogP contribution is 2.36. The maximum Gasteiger partial charge on any atom is 0.294 e. The number of fused-ring (bicyclic) bond motifs is 1. The summed E-state index contributed by atoms with van der Waals surface area (Å²) in [5.41, 5.74) is 2.17. The number of methoxy groups -OCH3 is 1. The summed E-state index contributed by atoms with van der Waals surface area (Å²) in [5, 5.41) is 2.76. The molecule has 168 valence electrons. The van der Waals surface area contributed by atoms with Gasteiger partial charge in [0, 0.05) is 24.8 Å². The van der Waals surface area contributed by atoms with E-state index in [1.807, 2.05) is 6.07 Å². The fourth-order valence-electron chi connectivity index (χ4n) is 3.47. The molecule has 0 fully saturated rings. The Labute approximate surface area is 191 Å². The van der Waals surface area contributed by atoms with Crippen LogP contribution in [0.25, 0.3) is 6.08 Å². The molecule has 1 aliphatic rings. The zero-order chi connectivity index (χ0) is 23.2. The van der Waals surface area contributed by atoms with Crippen LogP contribution in [-0.2, 0) is 16.1 Å². The number of ether oxygens (including phenoxy) is 2. The first kappa shape index (κ1) is 22.2. The van der Waals surface area contributed by atoms with Crippen molar-refractivity contribution in [2.24, 2.45) is 0 Å². The van der Waals surface area contributed by atoms with Crippen molar-refractivity contribution in [1.82, 2.24) is 5.32 Å². The molecule has 0 bridgehead atoms. The first-order valence-electron chi connectivity index (χ1n) is 10.5. The molecule has 0 aromatic heterocycles. The van der Waals surface area contributed by atoms with Gasteiger partial charge >= 0.3 is 0 Å². The minimum atomic E-state index is -0.377. The van der Waals surface area contributed by atoms with Crippen molar-refractivity contribution in [1.29, 1.82) is 0 Å². The molecule has 1 N–H and O–H groups in total. The lowest BCUT2D eigenvalue weighted by atomic mass is 10.1. The fraction of sp³-hybridized carbons (Fsp3) is 0.154. The number of benzene rings is 3. The monoisotopic (exact) mass is 446 g/mol. The quantitative estimate of drug-likeness (QED) is 0.437. The van der Waals surface area contributed by atoms with Crippen LogP contribution in [-0.4, -0.2) is 32.1 Å². The molecule has 4 rings (SSSR count). The molecule has 0 saturated heterocycles. The van der Waals surface area contributed by atoms with Gasteiger partial charge in [0.15, 0.2) is 11.5 Å². The molecular weight excluding hydrogens is 423 g/mol. The zero-order valence-electron chi connectivity index (χ0n) is 18.1. The summed E-state index contributed by atoms with van der Waals surface area (Å²) in [4.78, 5) is 26.9. The number of carbonyl (C=O) groups is 2. The van der Waals surface area contributed by atoms with Crippen LogP contribution in [0.5, 0.6) is 5.75 Å². The minimum Gasteiger partial charge on any atom is -0.449 e. The summed E-state index contributed by atoms with van der Waals surface area (Å²) in [6, 6.07) is 20.3. The Balaban J connectivity index is 1.58. The predicted octanol–water partition coefficient (Wildman–Crippen LogP) is 4.17. The summed E-state index contributed by atoms with van der Waals surface area (Å²) in [6.45, 7) is 0.921. The summed E-state index contributed by atoms with van der Waals surface area (Å²) in [6.07, 6.45) is 1.61. The van der Waals surface area contributed by atoms with Gasteiger partial charge in [-0.3, -0.25) is 14.5 Å². The van der Waals surface area contributed by atoms with Gasteiger partial charge in [-0.1, -0.05) is 42.5 Å². The Morgan fingerprint density at radius 1 is 1.06 bits per heavy atom. The van der Waals surface area contributed by atoms with Crippen LogP contribution < -0.4 is 15.0 Å². The number of para-hydroxylation sites is 2. The number of rotatable bonds is 7. The average Bonchev–Trinajstić information content (AvgIpc) is 2.83. The van der Waals surface area contributed by atoms with Crippen molar-refractivity contribution in [2.75, 3.05) is 25.2 Å². The lowest BCUT2D eigenvalue weighted by Gasteiger charge is -2.30. The molecule has 2 amide bonds. The number of carbonyl (C=O) groups excluding carboxylic acids is 2. The van der Waals surface area contributed by atoms with E-state index in [0.717, 1.165) is 0 Å². The number of hydrogen-bond donors (Lipinski definition) is 1.